The van der Waals surface area contributed by atoms with Crippen LogP contribution in [-0.2, 0) is 0 Å². The van der Waals surface area contributed by atoms with Gasteiger partial charge >= 0.3 is 233 Å². The Morgan fingerprint density at radius 1 is 0.410 bits per heavy atom. The predicted octanol–water partition coefficient (Wildman–Crippen LogP) is 9.15. The molecule has 2 nitrogen and oxygen atoms in total. The van der Waals surface area contributed by atoms with E-state index in [0.29, 0.717) is 0 Å². The molecular formula is C36H22N2Se. The van der Waals surface area contributed by atoms with Crippen molar-refractivity contribution in [2.45, 2.75) is 0 Å². The monoisotopic (exact) mass is 562 g/mol. The number of benzene rings is 6. The molecule has 0 aliphatic carbocycles. The van der Waals surface area contributed by atoms with Gasteiger partial charge in [-0.05, 0) is 0 Å². The molecule has 8 rings (SSSR count). The van der Waals surface area contributed by atoms with Crippen molar-refractivity contribution in [3.05, 3.63) is 133 Å². The van der Waals surface area contributed by atoms with Crippen molar-refractivity contribution in [3.63, 3.8) is 0 Å². The summed E-state index contributed by atoms with van der Waals surface area (Å²) < 4.78 is 2.83. The SMILES string of the molecule is c1ccc(-c2nc3ccccc3nc2-c2cccc3c2[se]c2c(-c4ccc5ccccc5c4)cccc23)cc1. The Labute approximate surface area is 232 Å². The molecule has 0 spiro atoms. The van der Waals surface area contributed by atoms with Crippen LogP contribution in [0.3, 0.4) is 0 Å². The summed E-state index contributed by atoms with van der Waals surface area (Å²) in [6.45, 7) is 0. The average Bonchev–Trinajstić information content (AvgIpc) is 3.40. The quantitative estimate of drug-likeness (QED) is 0.201. The number of fused-ring (bicyclic) bond motifs is 5. The van der Waals surface area contributed by atoms with Crippen molar-refractivity contribution in [3.8, 4) is 33.6 Å². The fraction of sp³-hybridized carbons (Fsp3) is 0. The zero-order valence-electron chi connectivity index (χ0n) is 21.0. The molecule has 6 aromatic carbocycles. The number of aromatic nitrogens is 2. The summed E-state index contributed by atoms with van der Waals surface area (Å²) >= 11 is 0.130. The van der Waals surface area contributed by atoms with E-state index in [1.165, 1.54) is 46.8 Å². The van der Waals surface area contributed by atoms with Crippen LogP contribution in [0.5, 0.6) is 0 Å². The van der Waals surface area contributed by atoms with Gasteiger partial charge in [-0.25, -0.2) is 0 Å². The van der Waals surface area contributed by atoms with Gasteiger partial charge in [-0.15, -0.1) is 0 Å². The van der Waals surface area contributed by atoms with E-state index < -0.39 is 0 Å². The summed E-state index contributed by atoms with van der Waals surface area (Å²) in [5.74, 6) is 0. The summed E-state index contributed by atoms with van der Waals surface area (Å²) in [5, 5.41) is 5.20. The minimum atomic E-state index is 0.130. The molecule has 0 unspecified atom stereocenters. The van der Waals surface area contributed by atoms with Crippen molar-refractivity contribution in [1.82, 2.24) is 9.97 Å². The van der Waals surface area contributed by atoms with Gasteiger partial charge in [-0.1, -0.05) is 0 Å². The van der Waals surface area contributed by atoms with Crippen LogP contribution in [0.2, 0.25) is 0 Å². The summed E-state index contributed by atoms with van der Waals surface area (Å²) in [7, 11) is 0. The molecule has 0 saturated heterocycles. The van der Waals surface area contributed by atoms with Crippen LogP contribution in [0.15, 0.2) is 133 Å². The maximum absolute atomic E-state index is 5.22. The van der Waals surface area contributed by atoms with Gasteiger partial charge < -0.3 is 0 Å². The van der Waals surface area contributed by atoms with Gasteiger partial charge in [-0.2, -0.15) is 0 Å². The van der Waals surface area contributed by atoms with Crippen molar-refractivity contribution in [2.75, 3.05) is 0 Å². The number of para-hydroxylation sites is 2. The Hall–Kier alpha value is -4.56. The normalized spacial score (nSPS) is 11.6. The molecule has 2 heterocycles. The first-order valence-corrected chi connectivity index (χ1v) is 14.8. The molecule has 2 aromatic heterocycles. The second kappa shape index (κ2) is 9.03. The Morgan fingerprint density at radius 2 is 1.03 bits per heavy atom. The fourth-order valence-corrected chi connectivity index (χ4v) is 8.41. The van der Waals surface area contributed by atoms with Crippen LogP contribution >= 0.6 is 0 Å². The molecule has 0 fully saturated rings. The first-order chi connectivity index (χ1) is 19.3. The van der Waals surface area contributed by atoms with Gasteiger partial charge in [0, 0.05) is 0 Å². The van der Waals surface area contributed by atoms with E-state index in [-0.39, 0.29) is 14.5 Å². The molecule has 0 radical (unpaired) electrons. The zero-order valence-corrected chi connectivity index (χ0v) is 22.7. The number of hydrogen-bond donors (Lipinski definition) is 0. The fourth-order valence-electron chi connectivity index (χ4n) is 5.58. The third-order valence-electron chi connectivity index (χ3n) is 7.46. The van der Waals surface area contributed by atoms with Crippen LogP contribution in [-0.4, -0.2) is 24.5 Å². The van der Waals surface area contributed by atoms with E-state index in [1.807, 2.05) is 24.3 Å². The van der Waals surface area contributed by atoms with Gasteiger partial charge in [0.1, 0.15) is 0 Å². The standard InChI is InChI=1S/C36H22N2Se/c1-2-11-24(12-3-1)33-34(38-32-19-7-6-18-31(32)37-33)30-17-9-16-29-28-15-8-14-27(35(28)39-36(29)30)26-21-20-23-10-4-5-13-25(23)22-26/h1-22H. The first kappa shape index (κ1) is 22.4. The molecule has 0 amide bonds. The van der Waals surface area contributed by atoms with Gasteiger partial charge in [0.25, 0.3) is 0 Å². The molecule has 0 N–H and O–H groups in total. The zero-order chi connectivity index (χ0) is 25.8. The summed E-state index contributed by atoms with van der Waals surface area (Å²) in [5.41, 5.74) is 8.60. The molecule has 0 saturated carbocycles. The topological polar surface area (TPSA) is 25.8 Å². The van der Waals surface area contributed by atoms with E-state index in [2.05, 4.69) is 109 Å². The van der Waals surface area contributed by atoms with Crippen LogP contribution in [0.25, 0.3) is 74.7 Å². The molecule has 182 valence electrons. The van der Waals surface area contributed by atoms with Crippen LogP contribution in [0.4, 0.5) is 0 Å². The summed E-state index contributed by atoms with van der Waals surface area (Å²) in [6, 6.07) is 47.5. The third-order valence-corrected chi connectivity index (χ3v) is 10.2. The molecule has 8 aromatic rings. The summed E-state index contributed by atoms with van der Waals surface area (Å²) in [4.78, 5) is 10.4. The van der Waals surface area contributed by atoms with Gasteiger partial charge in [0.2, 0.25) is 0 Å². The van der Waals surface area contributed by atoms with E-state index in [4.69, 9.17) is 9.97 Å². The number of hydrogen-bond acceptors (Lipinski definition) is 2. The Bertz CT molecular complexity index is 2180. The number of rotatable bonds is 3. The Kier molecular flexibility index (Phi) is 5.19. The van der Waals surface area contributed by atoms with E-state index in [9.17, 15) is 0 Å². The van der Waals surface area contributed by atoms with E-state index in [0.717, 1.165) is 28.0 Å². The van der Waals surface area contributed by atoms with E-state index in [1.54, 1.807) is 0 Å². The maximum atomic E-state index is 5.22. The Morgan fingerprint density at radius 3 is 1.79 bits per heavy atom. The second-order valence-electron chi connectivity index (χ2n) is 9.80. The molecular weight excluding hydrogens is 539 g/mol. The average molecular weight is 562 g/mol. The molecule has 0 atom stereocenters. The predicted molar refractivity (Wildman–Crippen MR) is 165 cm³/mol. The van der Waals surface area contributed by atoms with Crippen molar-refractivity contribution in [2.24, 2.45) is 0 Å². The Balaban J connectivity index is 1.41. The number of nitrogens with zero attached hydrogens (tertiary/aromatic N) is 2. The van der Waals surface area contributed by atoms with E-state index >= 15 is 0 Å². The minimum absolute atomic E-state index is 0.130. The van der Waals surface area contributed by atoms with Crippen LogP contribution < -0.4 is 0 Å². The van der Waals surface area contributed by atoms with Crippen molar-refractivity contribution in [1.29, 1.82) is 0 Å². The first-order valence-electron chi connectivity index (χ1n) is 13.1. The summed E-state index contributed by atoms with van der Waals surface area (Å²) in [6.07, 6.45) is 0. The van der Waals surface area contributed by atoms with Crippen molar-refractivity contribution >= 4 is 55.6 Å². The van der Waals surface area contributed by atoms with Gasteiger partial charge in [0.15, 0.2) is 0 Å². The molecule has 39 heavy (non-hydrogen) atoms. The van der Waals surface area contributed by atoms with Gasteiger partial charge in [0.05, 0.1) is 0 Å². The molecule has 3 heteroatoms. The third kappa shape index (κ3) is 3.71. The van der Waals surface area contributed by atoms with Crippen LogP contribution in [0.1, 0.15) is 0 Å². The second-order valence-corrected chi connectivity index (χ2v) is 11.9. The van der Waals surface area contributed by atoms with Crippen LogP contribution in [0, 0.1) is 0 Å². The molecule has 0 aliphatic rings. The van der Waals surface area contributed by atoms with Crippen molar-refractivity contribution < 1.29 is 0 Å². The molecule has 0 aliphatic heterocycles. The molecule has 0 bridgehead atoms. The van der Waals surface area contributed by atoms with Gasteiger partial charge in [-0.3, -0.25) is 0 Å².